The Bertz CT molecular complexity index is 243. The summed E-state index contributed by atoms with van der Waals surface area (Å²) in [4.78, 5) is 0. The molecule has 0 aromatic heterocycles. The summed E-state index contributed by atoms with van der Waals surface area (Å²) in [6.45, 7) is 10.3. The standard InChI is InChI=1S/C13H24O2/c1-10(2)6-8-13(5)9-7-11(14)12(3,4)15-13/h6,8,10-11,14H,7,9H2,1-5H3/b8-6+. The van der Waals surface area contributed by atoms with Gasteiger partial charge in [-0.15, -0.1) is 0 Å². The van der Waals surface area contributed by atoms with Crippen molar-refractivity contribution >= 4 is 0 Å². The van der Waals surface area contributed by atoms with Crippen molar-refractivity contribution in [3.8, 4) is 0 Å². The van der Waals surface area contributed by atoms with Crippen LogP contribution >= 0.6 is 0 Å². The summed E-state index contributed by atoms with van der Waals surface area (Å²) in [5.41, 5.74) is -0.651. The van der Waals surface area contributed by atoms with E-state index in [2.05, 4.69) is 32.9 Å². The maximum absolute atomic E-state index is 9.80. The zero-order valence-corrected chi connectivity index (χ0v) is 10.6. The van der Waals surface area contributed by atoms with Crippen LogP contribution in [-0.4, -0.2) is 22.4 Å². The second-order valence-corrected chi connectivity index (χ2v) is 5.68. The largest absolute Gasteiger partial charge is 0.390 e. The summed E-state index contributed by atoms with van der Waals surface area (Å²) >= 11 is 0. The van der Waals surface area contributed by atoms with Gasteiger partial charge in [0.1, 0.15) is 0 Å². The zero-order chi connectivity index (χ0) is 11.7. The van der Waals surface area contributed by atoms with Crippen LogP contribution < -0.4 is 0 Å². The van der Waals surface area contributed by atoms with Crippen LogP contribution in [0.25, 0.3) is 0 Å². The highest BCUT2D eigenvalue weighted by Gasteiger charge is 2.41. The van der Waals surface area contributed by atoms with E-state index in [0.717, 1.165) is 12.8 Å². The Morgan fingerprint density at radius 3 is 2.40 bits per heavy atom. The molecule has 15 heavy (non-hydrogen) atoms. The molecule has 1 saturated heterocycles. The Morgan fingerprint density at radius 1 is 1.33 bits per heavy atom. The molecule has 0 spiro atoms. The molecule has 1 rings (SSSR count). The van der Waals surface area contributed by atoms with Crippen molar-refractivity contribution in [3.05, 3.63) is 12.2 Å². The average Bonchev–Trinajstić information content (AvgIpc) is 2.09. The number of rotatable bonds is 2. The normalized spacial score (nSPS) is 36.3. The van der Waals surface area contributed by atoms with E-state index in [1.54, 1.807) is 0 Å². The van der Waals surface area contributed by atoms with Gasteiger partial charge in [-0.1, -0.05) is 26.0 Å². The van der Waals surface area contributed by atoms with Crippen LogP contribution in [0.5, 0.6) is 0 Å². The van der Waals surface area contributed by atoms with Crippen molar-refractivity contribution in [1.29, 1.82) is 0 Å². The molecule has 1 aliphatic heterocycles. The van der Waals surface area contributed by atoms with E-state index in [4.69, 9.17) is 4.74 Å². The molecular formula is C13H24O2. The molecule has 0 radical (unpaired) electrons. The van der Waals surface area contributed by atoms with Gasteiger partial charge in [-0.3, -0.25) is 0 Å². The van der Waals surface area contributed by atoms with E-state index < -0.39 is 5.60 Å². The van der Waals surface area contributed by atoms with Crippen molar-refractivity contribution in [2.45, 2.75) is 64.8 Å². The molecule has 0 aromatic rings. The first-order chi connectivity index (χ1) is 6.75. The summed E-state index contributed by atoms with van der Waals surface area (Å²) in [5.74, 6) is 0.542. The monoisotopic (exact) mass is 212 g/mol. The van der Waals surface area contributed by atoms with Crippen molar-refractivity contribution < 1.29 is 9.84 Å². The summed E-state index contributed by atoms with van der Waals surface area (Å²) < 4.78 is 5.99. The van der Waals surface area contributed by atoms with E-state index >= 15 is 0 Å². The topological polar surface area (TPSA) is 29.5 Å². The number of aliphatic hydroxyl groups is 1. The van der Waals surface area contributed by atoms with Gasteiger partial charge in [0.25, 0.3) is 0 Å². The first kappa shape index (κ1) is 12.7. The maximum atomic E-state index is 9.80. The van der Waals surface area contributed by atoms with Crippen LogP contribution in [0.15, 0.2) is 12.2 Å². The molecule has 2 heteroatoms. The molecule has 0 aromatic carbocycles. The smallest absolute Gasteiger partial charge is 0.0895 e. The van der Waals surface area contributed by atoms with Crippen molar-refractivity contribution in [2.75, 3.05) is 0 Å². The van der Waals surface area contributed by atoms with Gasteiger partial charge in [-0.25, -0.2) is 0 Å². The fourth-order valence-corrected chi connectivity index (χ4v) is 2.00. The number of ether oxygens (including phenoxy) is 1. The molecule has 0 amide bonds. The molecule has 1 N–H and O–H groups in total. The van der Waals surface area contributed by atoms with Crippen LogP contribution in [0.3, 0.4) is 0 Å². The van der Waals surface area contributed by atoms with Gasteiger partial charge in [0.15, 0.2) is 0 Å². The van der Waals surface area contributed by atoms with Gasteiger partial charge >= 0.3 is 0 Å². The van der Waals surface area contributed by atoms with Crippen molar-refractivity contribution in [1.82, 2.24) is 0 Å². The van der Waals surface area contributed by atoms with Gasteiger partial charge in [0.05, 0.1) is 17.3 Å². The van der Waals surface area contributed by atoms with Gasteiger partial charge < -0.3 is 9.84 Å². The van der Waals surface area contributed by atoms with Crippen molar-refractivity contribution in [2.24, 2.45) is 5.92 Å². The third-order valence-electron chi connectivity index (χ3n) is 3.05. The minimum atomic E-state index is -0.436. The molecule has 2 unspecified atom stereocenters. The van der Waals surface area contributed by atoms with Crippen LogP contribution in [0.2, 0.25) is 0 Å². The molecule has 2 atom stereocenters. The van der Waals surface area contributed by atoms with Gasteiger partial charge in [0.2, 0.25) is 0 Å². The third kappa shape index (κ3) is 3.32. The second-order valence-electron chi connectivity index (χ2n) is 5.68. The fourth-order valence-electron chi connectivity index (χ4n) is 2.00. The van der Waals surface area contributed by atoms with E-state index in [-0.39, 0.29) is 11.7 Å². The zero-order valence-electron chi connectivity index (χ0n) is 10.6. The Morgan fingerprint density at radius 2 is 1.93 bits per heavy atom. The molecule has 1 heterocycles. The van der Waals surface area contributed by atoms with Gasteiger partial charge in [0, 0.05) is 0 Å². The van der Waals surface area contributed by atoms with E-state index in [1.165, 1.54) is 0 Å². The highest BCUT2D eigenvalue weighted by atomic mass is 16.5. The lowest BCUT2D eigenvalue weighted by Crippen LogP contribution is -2.51. The molecule has 0 saturated carbocycles. The van der Waals surface area contributed by atoms with Gasteiger partial charge in [-0.2, -0.15) is 0 Å². The third-order valence-corrected chi connectivity index (χ3v) is 3.05. The Hall–Kier alpha value is -0.340. The van der Waals surface area contributed by atoms with Crippen molar-refractivity contribution in [3.63, 3.8) is 0 Å². The molecule has 2 nitrogen and oxygen atoms in total. The molecule has 1 fully saturated rings. The van der Waals surface area contributed by atoms with Crippen LogP contribution in [0.1, 0.15) is 47.5 Å². The second kappa shape index (κ2) is 4.26. The predicted octanol–water partition coefficient (Wildman–Crippen LogP) is 2.91. The summed E-state index contributed by atoms with van der Waals surface area (Å²) in [5, 5.41) is 9.80. The average molecular weight is 212 g/mol. The molecule has 1 aliphatic rings. The van der Waals surface area contributed by atoms with E-state index in [9.17, 15) is 5.11 Å². The SMILES string of the molecule is CC(C)/C=C/C1(C)CCC(O)C(C)(C)O1. The Kier molecular flexibility index (Phi) is 3.62. The highest BCUT2D eigenvalue weighted by molar-refractivity contribution is 5.05. The highest BCUT2D eigenvalue weighted by Crippen LogP contribution is 2.36. The van der Waals surface area contributed by atoms with Crippen LogP contribution in [0.4, 0.5) is 0 Å². The molecule has 88 valence electrons. The van der Waals surface area contributed by atoms with E-state index in [0.29, 0.717) is 5.92 Å². The quantitative estimate of drug-likeness (QED) is 0.713. The summed E-state index contributed by atoms with van der Waals surface area (Å²) in [6, 6.07) is 0. The molecule has 0 aliphatic carbocycles. The lowest BCUT2D eigenvalue weighted by molar-refractivity contribution is -0.195. The Balaban J connectivity index is 2.72. The van der Waals surface area contributed by atoms with Crippen LogP contribution in [0, 0.1) is 5.92 Å². The molecular weight excluding hydrogens is 188 g/mol. The first-order valence-electron chi connectivity index (χ1n) is 5.83. The number of aliphatic hydroxyl groups excluding tert-OH is 1. The number of hydrogen-bond donors (Lipinski definition) is 1. The van der Waals surface area contributed by atoms with Gasteiger partial charge in [-0.05, 0) is 39.5 Å². The lowest BCUT2D eigenvalue weighted by atomic mass is 9.85. The lowest BCUT2D eigenvalue weighted by Gasteiger charge is -2.45. The molecule has 0 bridgehead atoms. The maximum Gasteiger partial charge on any atom is 0.0895 e. The minimum absolute atomic E-state index is 0.215. The summed E-state index contributed by atoms with van der Waals surface area (Å²) in [7, 11) is 0. The fraction of sp³-hybridized carbons (Fsp3) is 0.846. The number of hydrogen-bond acceptors (Lipinski definition) is 2. The Labute approximate surface area is 93.3 Å². The summed E-state index contributed by atoms with van der Waals surface area (Å²) in [6.07, 6.45) is 5.67. The van der Waals surface area contributed by atoms with E-state index in [1.807, 2.05) is 13.8 Å². The predicted molar refractivity (Wildman–Crippen MR) is 62.8 cm³/mol. The number of allylic oxidation sites excluding steroid dienone is 1. The minimum Gasteiger partial charge on any atom is -0.390 e. The first-order valence-corrected chi connectivity index (χ1v) is 5.83. The van der Waals surface area contributed by atoms with Crippen LogP contribution in [-0.2, 0) is 4.74 Å².